The monoisotopic (exact) mass is 530 g/mol. The van der Waals surface area contributed by atoms with Crippen LogP contribution in [-0.2, 0) is 17.8 Å². The van der Waals surface area contributed by atoms with Crippen LogP contribution in [0.4, 0.5) is 0 Å². The summed E-state index contributed by atoms with van der Waals surface area (Å²) in [6.07, 6.45) is -1.19. The minimum Gasteiger partial charge on any atom is -0.497 e. The molecule has 6 nitrogen and oxygen atoms in total. The lowest BCUT2D eigenvalue weighted by atomic mass is 10.0. The molecule has 1 unspecified atom stereocenters. The molecule has 4 N–H and O–H groups in total. The highest BCUT2D eigenvalue weighted by Gasteiger charge is 2.25. The van der Waals surface area contributed by atoms with Gasteiger partial charge in [0, 0.05) is 23.7 Å². The summed E-state index contributed by atoms with van der Waals surface area (Å²) in [5, 5.41) is 27.5. The number of thioether (sulfide) groups is 1. The first-order chi connectivity index (χ1) is 17.0. The number of carbonyl (C=O) groups is 1. The van der Waals surface area contributed by atoms with E-state index in [2.05, 4.69) is 10.6 Å². The Bertz CT molecular complexity index is 1030. The number of ether oxygens (including phenoxy) is 1. The molecule has 3 rings (SSSR count). The van der Waals surface area contributed by atoms with Gasteiger partial charge in [0.25, 0.3) is 0 Å². The zero-order chi connectivity index (χ0) is 24.9. The van der Waals surface area contributed by atoms with E-state index in [9.17, 15) is 15.0 Å². The molecule has 0 fully saturated rings. The molecular formula is C28H35ClN2O4S. The fourth-order valence-electron chi connectivity index (χ4n) is 3.66. The van der Waals surface area contributed by atoms with Crippen LogP contribution in [0.3, 0.4) is 0 Å². The molecule has 8 heteroatoms. The second-order valence-electron chi connectivity index (χ2n) is 8.32. The number of amides is 1. The summed E-state index contributed by atoms with van der Waals surface area (Å²) in [6, 6.07) is 26.8. The van der Waals surface area contributed by atoms with Gasteiger partial charge in [-0.1, -0.05) is 60.7 Å². The molecule has 3 aromatic rings. The van der Waals surface area contributed by atoms with E-state index >= 15 is 0 Å². The third-order valence-corrected chi connectivity index (χ3v) is 6.66. The maximum Gasteiger partial charge on any atom is 0.249 e. The Balaban J connectivity index is 0.00000456. The van der Waals surface area contributed by atoms with E-state index in [1.165, 1.54) is 0 Å². The molecule has 0 radical (unpaired) electrons. The van der Waals surface area contributed by atoms with Crippen LogP contribution >= 0.6 is 24.2 Å². The van der Waals surface area contributed by atoms with E-state index in [0.717, 1.165) is 21.8 Å². The molecule has 3 atom stereocenters. The molecule has 0 saturated carbocycles. The van der Waals surface area contributed by atoms with E-state index < -0.39 is 24.2 Å². The Morgan fingerprint density at radius 3 is 2.31 bits per heavy atom. The molecule has 0 heterocycles. The summed E-state index contributed by atoms with van der Waals surface area (Å²) in [5.41, 5.74) is 2.03. The molecule has 0 spiro atoms. The van der Waals surface area contributed by atoms with Gasteiger partial charge in [0.15, 0.2) is 0 Å². The van der Waals surface area contributed by atoms with Gasteiger partial charge < -0.3 is 25.6 Å². The van der Waals surface area contributed by atoms with Crippen molar-refractivity contribution < 1.29 is 19.7 Å². The van der Waals surface area contributed by atoms with Crippen molar-refractivity contribution in [1.82, 2.24) is 10.6 Å². The molecule has 0 aliphatic carbocycles. The number of carbonyl (C=O) groups excluding carboxylic acids is 1. The molecule has 0 aromatic heterocycles. The summed E-state index contributed by atoms with van der Waals surface area (Å²) >= 11 is 1.60. The van der Waals surface area contributed by atoms with E-state index in [-0.39, 0.29) is 19.0 Å². The van der Waals surface area contributed by atoms with Crippen LogP contribution in [-0.4, -0.2) is 53.8 Å². The summed E-state index contributed by atoms with van der Waals surface area (Å²) in [5.74, 6) is 0.928. The van der Waals surface area contributed by atoms with Gasteiger partial charge in [-0.3, -0.25) is 4.79 Å². The van der Waals surface area contributed by atoms with Crippen molar-refractivity contribution in [3.8, 4) is 5.75 Å². The zero-order valence-electron chi connectivity index (χ0n) is 20.4. The van der Waals surface area contributed by atoms with Crippen molar-refractivity contribution in [3.63, 3.8) is 0 Å². The third-order valence-electron chi connectivity index (χ3n) is 5.61. The van der Waals surface area contributed by atoms with E-state index in [0.29, 0.717) is 25.1 Å². The lowest BCUT2D eigenvalue weighted by Gasteiger charge is -2.26. The Hall–Kier alpha value is -2.55. The van der Waals surface area contributed by atoms with Crippen molar-refractivity contribution in [3.05, 3.63) is 96.1 Å². The Labute approximate surface area is 223 Å². The Kier molecular flexibility index (Phi) is 13.4. The van der Waals surface area contributed by atoms with Gasteiger partial charge in [-0.2, -0.15) is 0 Å². The third kappa shape index (κ3) is 10.2. The van der Waals surface area contributed by atoms with Gasteiger partial charge in [0.2, 0.25) is 5.91 Å². The second-order valence-corrected chi connectivity index (χ2v) is 9.49. The van der Waals surface area contributed by atoms with Crippen LogP contribution < -0.4 is 15.4 Å². The lowest BCUT2D eigenvalue weighted by molar-refractivity contribution is -0.131. The van der Waals surface area contributed by atoms with Crippen LogP contribution in [0.5, 0.6) is 5.75 Å². The summed E-state index contributed by atoms with van der Waals surface area (Å²) in [4.78, 5) is 13.8. The highest BCUT2D eigenvalue weighted by molar-refractivity contribution is 7.99. The standard InChI is InChI=1S/C28H34N2O4S.ClH/c1-34-23-12-8-11-22(17-23)19-29-20-27(32)25(18-21-9-4-2-5-10-21)30-28(33)26(31)15-16-35-24-13-6-3-7-14-24;/h2-14,17,25-27,29,31-32H,15-16,18-20H2,1H3,(H,30,33);1H/t25-,26?,27+;/m0./s1. The van der Waals surface area contributed by atoms with Crippen molar-refractivity contribution in [2.24, 2.45) is 0 Å². The number of methoxy groups -OCH3 is 1. The molecule has 194 valence electrons. The van der Waals surface area contributed by atoms with Gasteiger partial charge in [0.05, 0.1) is 19.3 Å². The number of hydrogen-bond donors (Lipinski definition) is 4. The minimum atomic E-state index is -1.14. The SMILES string of the molecule is COc1cccc(CNC[C@@H](O)[C@H](Cc2ccccc2)NC(=O)C(O)CCSc2ccccc2)c1.Cl. The number of hydrogen-bond acceptors (Lipinski definition) is 6. The largest absolute Gasteiger partial charge is 0.497 e. The van der Waals surface area contributed by atoms with Crippen molar-refractivity contribution in [1.29, 1.82) is 0 Å². The molecule has 36 heavy (non-hydrogen) atoms. The van der Waals surface area contributed by atoms with E-state index in [1.807, 2.05) is 84.9 Å². The smallest absolute Gasteiger partial charge is 0.249 e. The number of halogens is 1. The van der Waals surface area contributed by atoms with Gasteiger partial charge in [-0.15, -0.1) is 24.2 Å². The Morgan fingerprint density at radius 1 is 0.944 bits per heavy atom. The number of aliphatic hydroxyl groups is 2. The molecule has 3 aromatic carbocycles. The molecule has 0 saturated heterocycles. The topological polar surface area (TPSA) is 90.8 Å². The van der Waals surface area contributed by atoms with Crippen LogP contribution in [0.1, 0.15) is 17.5 Å². The highest BCUT2D eigenvalue weighted by Crippen LogP contribution is 2.18. The molecule has 0 aliphatic rings. The first kappa shape index (κ1) is 29.7. The average molecular weight is 531 g/mol. The molecular weight excluding hydrogens is 496 g/mol. The van der Waals surface area contributed by atoms with E-state index in [1.54, 1.807) is 18.9 Å². The average Bonchev–Trinajstić information content (AvgIpc) is 2.89. The van der Waals surface area contributed by atoms with E-state index in [4.69, 9.17) is 4.74 Å². The van der Waals surface area contributed by atoms with Gasteiger partial charge in [0.1, 0.15) is 11.9 Å². The van der Waals surface area contributed by atoms with Crippen molar-refractivity contribution in [2.75, 3.05) is 19.4 Å². The Morgan fingerprint density at radius 2 is 1.61 bits per heavy atom. The predicted octanol–water partition coefficient (Wildman–Crippen LogP) is 3.84. The number of benzene rings is 3. The number of aliphatic hydroxyl groups excluding tert-OH is 2. The van der Waals surface area contributed by atoms with Gasteiger partial charge in [-0.05, 0) is 48.2 Å². The van der Waals surface area contributed by atoms with Crippen LogP contribution in [0.25, 0.3) is 0 Å². The summed E-state index contributed by atoms with van der Waals surface area (Å²) in [6.45, 7) is 0.842. The second kappa shape index (κ2) is 16.2. The fraction of sp³-hybridized carbons (Fsp3) is 0.321. The van der Waals surface area contributed by atoms with Gasteiger partial charge >= 0.3 is 0 Å². The zero-order valence-corrected chi connectivity index (χ0v) is 22.0. The molecule has 1 amide bonds. The summed E-state index contributed by atoms with van der Waals surface area (Å²) in [7, 11) is 1.63. The number of nitrogens with one attached hydrogen (secondary N) is 2. The normalized spacial score (nSPS) is 13.2. The highest BCUT2D eigenvalue weighted by atomic mass is 35.5. The van der Waals surface area contributed by atoms with Gasteiger partial charge in [-0.25, -0.2) is 0 Å². The predicted molar refractivity (Wildman–Crippen MR) is 148 cm³/mol. The maximum atomic E-state index is 12.7. The van der Waals surface area contributed by atoms with Crippen molar-refractivity contribution >= 4 is 30.1 Å². The van der Waals surface area contributed by atoms with Crippen LogP contribution in [0.15, 0.2) is 89.8 Å². The fourth-order valence-corrected chi connectivity index (χ4v) is 4.58. The first-order valence-corrected chi connectivity index (χ1v) is 12.8. The summed E-state index contributed by atoms with van der Waals surface area (Å²) < 4.78 is 5.26. The van der Waals surface area contributed by atoms with Crippen LogP contribution in [0.2, 0.25) is 0 Å². The first-order valence-electron chi connectivity index (χ1n) is 11.8. The quantitative estimate of drug-likeness (QED) is 0.237. The molecule has 0 bridgehead atoms. The van der Waals surface area contributed by atoms with Crippen molar-refractivity contribution in [2.45, 2.75) is 42.5 Å². The van der Waals surface area contributed by atoms with Crippen LogP contribution in [0, 0.1) is 0 Å². The molecule has 0 aliphatic heterocycles. The minimum absolute atomic E-state index is 0. The maximum absolute atomic E-state index is 12.7. The number of rotatable bonds is 14. The lowest BCUT2D eigenvalue weighted by Crippen LogP contribution is -2.51.